The zero-order chi connectivity index (χ0) is 20.3. The number of aromatic nitrogens is 1. The van der Waals surface area contributed by atoms with Gasteiger partial charge in [0.2, 0.25) is 0 Å². The van der Waals surface area contributed by atoms with Crippen LogP contribution in [0, 0.1) is 5.82 Å². The fourth-order valence-electron chi connectivity index (χ4n) is 4.09. The maximum Gasteiger partial charge on any atom is 0.336 e. The van der Waals surface area contributed by atoms with Crippen LogP contribution in [0.4, 0.5) is 21.5 Å². The molecule has 0 bridgehead atoms. The number of halogens is 1. The summed E-state index contributed by atoms with van der Waals surface area (Å²) in [6.07, 6.45) is 5.08. The van der Waals surface area contributed by atoms with Gasteiger partial charge in [-0.1, -0.05) is 0 Å². The molecular formula is C22H16FN3O3. The van der Waals surface area contributed by atoms with Gasteiger partial charge >= 0.3 is 5.97 Å². The molecule has 0 amide bonds. The number of anilines is 3. The van der Waals surface area contributed by atoms with Gasteiger partial charge in [0.25, 0.3) is 5.56 Å². The summed E-state index contributed by atoms with van der Waals surface area (Å²) in [4.78, 5) is 31.3. The Morgan fingerprint density at radius 3 is 2.62 bits per heavy atom. The first-order valence-corrected chi connectivity index (χ1v) is 9.06. The Kier molecular flexibility index (Phi) is 3.61. The zero-order valence-corrected chi connectivity index (χ0v) is 15.4. The van der Waals surface area contributed by atoms with E-state index in [1.54, 1.807) is 36.3 Å². The van der Waals surface area contributed by atoms with E-state index in [1.807, 2.05) is 17.0 Å². The number of carboxylic acid groups (broad SMARTS) is 1. The Hall–Kier alpha value is -3.87. The highest BCUT2D eigenvalue weighted by molar-refractivity contribution is 6.14. The van der Waals surface area contributed by atoms with Gasteiger partial charge in [-0.15, -0.1) is 0 Å². The normalized spacial score (nSPS) is 14.8. The largest absolute Gasteiger partial charge is 0.478 e. The van der Waals surface area contributed by atoms with Crippen molar-refractivity contribution in [2.75, 3.05) is 23.4 Å². The zero-order valence-electron chi connectivity index (χ0n) is 15.4. The molecule has 0 unspecified atom stereocenters. The molecular weight excluding hydrogens is 373 g/mol. The minimum absolute atomic E-state index is 0.125. The van der Waals surface area contributed by atoms with Crippen molar-refractivity contribution in [2.45, 2.75) is 0 Å². The van der Waals surface area contributed by atoms with Gasteiger partial charge in [-0.25, -0.2) is 9.18 Å². The first-order valence-electron chi connectivity index (χ1n) is 9.06. The van der Waals surface area contributed by atoms with Crippen LogP contribution < -0.4 is 25.9 Å². The first-order chi connectivity index (χ1) is 14.0. The topological polar surface area (TPSA) is 76.6 Å². The van der Waals surface area contributed by atoms with Crippen LogP contribution in [0.15, 0.2) is 53.5 Å². The number of aliphatic carboxylic acids is 1. The van der Waals surface area contributed by atoms with Crippen molar-refractivity contribution in [3.63, 3.8) is 0 Å². The Balaban J connectivity index is 1.89. The van der Waals surface area contributed by atoms with Crippen molar-refractivity contribution in [1.82, 2.24) is 4.98 Å². The number of nitrogens with one attached hydrogen (secondary N) is 1. The number of benzene rings is 1. The van der Waals surface area contributed by atoms with Gasteiger partial charge in [0.15, 0.2) is 0 Å². The van der Waals surface area contributed by atoms with Crippen molar-refractivity contribution in [1.29, 1.82) is 0 Å². The van der Waals surface area contributed by atoms with E-state index in [1.165, 1.54) is 18.2 Å². The molecule has 6 nitrogen and oxygen atoms in total. The Bertz CT molecular complexity index is 1360. The van der Waals surface area contributed by atoms with Crippen molar-refractivity contribution >= 4 is 34.7 Å². The smallest absolute Gasteiger partial charge is 0.336 e. The molecule has 144 valence electrons. The summed E-state index contributed by atoms with van der Waals surface area (Å²) in [7, 11) is 1.78. The van der Waals surface area contributed by atoms with Crippen molar-refractivity contribution in [3.8, 4) is 11.1 Å². The summed E-state index contributed by atoms with van der Waals surface area (Å²) in [5, 5.41) is 10.8. The molecule has 0 fully saturated rings. The molecule has 0 saturated carbocycles. The number of H-pyrrole nitrogens is 1. The molecule has 4 aliphatic rings. The molecule has 0 saturated heterocycles. The fraction of sp³-hybridized carbons (Fsp3) is 0.0909. The molecule has 7 heteroatoms. The highest BCUT2D eigenvalue weighted by Gasteiger charge is 2.28. The maximum absolute atomic E-state index is 13.4. The Morgan fingerprint density at radius 1 is 1.14 bits per heavy atom. The van der Waals surface area contributed by atoms with Gasteiger partial charge in [0.05, 0.1) is 22.5 Å². The molecule has 1 aromatic rings. The highest BCUT2D eigenvalue weighted by Crippen LogP contribution is 2.37. The van der Waals surface area contributed by atoms with Crippen LogP contribution in [0.2, 0.25) is 0 Å². The number of fused-ring (bicyclic) bond motifs is 2. The summed E-state index contributed by atoms with van der Waals surface area (Å²) in [5.74, 6) is -1.39. The van der Waals surface area contributed by atoms with Crippen LogP contribution in [0.1, 0.15) is 0 Å². The second-order valence-corrected chi connectivity index (χ2v) is 7.04. The number of carboxylic acids is 1. The van der Waals surface area contributed by atoms with E-state index in [4.69, 9.17) is 0 Å². The Labute approximate surface area is 164 Å². The van der Waals surface area contributed by atoms with Gasteiger partial charge in [0.1, 0.15) is 5.82 Å². The van der Waals surface area contributed by atoms with Crippen LogP contribution in [0.5, 0.6) is 0 Å². The standard InChI is InChI=1S/C22H16FN3O3/c1-25-10-8-15(22(28)29)14-6-7-17-18-16(24-21(27)19(18)20(14)25)9-11-26(17)13-4-2-12(23)3-5-13/h2-10H,11H2,1H3,(H,24,27)(H,28,29). The van der Waals surface area contributed by atoms with E-state index >= 15 is 0 Å². The van der Waals surface area contributed by atoms with Crippen LogP contribution in [-0.4, -0.2) is 29.7 Å². The fourth-order valence-corrected chi connectivity index (χ4v) is 4.09. The quantitative estimate of drug-likeness (QED) is 0.699. The average Bonchev–Trinajstić information content (AvgIpc) is 2.90. The lowest BCUT2D eigenvalue weighted by Gasteiger charge is -2.27. The molecule has 1 aliphatic carbocycles. The third-order valence-electron chi connectivity index (χ3n) is 5.40. The van der Waals surface area contributed by atoms with Crippen molar-refractivity contribution < 1.29 is 14.3 Å². The first kappa shape index (κ1) is 17.2. The number of hydrogen-bond donors (Lipinski definition) is 2. The molecule has 0 aromatic heterocycles. The van der Waals surface area contributed by atoms with E-state index in [2.05, 4.69) is 4.98 Å². The second-order valence-electron chi connectivity index (χ2n) is 7.04. The molecule has 29 heavy (non-hydrogen) atoms. The van der Waals surface area contributed by atoms with Gasteiger partial charge in [-0.3, -0.25) is 4.79 Å². The van der Waals surface area contributed by atoms with Gasteiger partial charge < -0.3 is 19.9 Å². The number of aromatic amines is 1. The number of carbonyl (C=O) groups is 1. The Morgan fingerprint density at radius 2 is 1.90 bits per heavy atom. The number of rotatable bonds is 2. The third-order valence-corrected chi connectivity index (χ3v) is 5.40. The molecule has 0 spiro atoms. The van der Waals surface area contributed by atoms with Crippen LogP contribution in [0.25, 0.3) is 22.8 Å². The summed E-state index contributed by atoms with van der Waals surface area (Å²) < 4.78 is 13.4. The minimum Gasteiger partial charge on any atom is -0.478 e. The van der Waals surface area contributed by atoms with Crippen molar-refractivity contribution in [3.05, 3.63) is 75.4 Å². The third kappa shape index (κ3) is 2.47. The lowest BCUT2D eigenvalue weighted by molar-refractivity contribution is -0.130. The van der Waals surface area contributed by atoms with Gasteiger partial charge in [-0.05, 0) is 48.6 Å². The monoisotopic (exact) mass is 389 g/mol. The van der Waals surface area contributed by atoms with Crippen molar-refractivity contribution in [2.24, 2.45) is 0 Å². The van der Waals surface area contributed by atoms with Crippen LogP contribution >= 0.6 is 0 Å². The summed E-state index contributed by atoms with van der Waals surface area (Å²) in [6.45, 7) is 0.492. The molecule has 0 atom stereocenters. The molecule has 0 radical (unpaired) electrons. The predicted octanol–water partition coefficient (Wildman–Crippen LogP) is 1.75. The van der Waals surface area contributed by atoms with Crippen LogP contribution in [0.3, 0.4) is 0 Å². The lowest BCUT2D eigenvalue weighted by atomic mass is 10.0. The predicted molar refractivity (Wildman–Crippen MR) is 109 cm³/mol. The maximum atomic E-state index is 13.4. The molecule has 2 N–H and O–H groups in total. The average molecular weight is 389 g/mol. The number of hydrogen-bond acceptors (Lipinski definition) is 4. The van der Waals surface area contributed by atoms with E-state index in [9.17, 15) is 19.1 Å². The lowest BCUT2D eigenvalue weighted by Crippen LogP contribution is -2.27. The molecule has 5 rings (SSSR count). The highest BCUT2D eigenvalue weighted by atomic mass is 19.1. The number of nitrogens with zero attached hydrogens (tertiary/aromatic N) is 2. The molecule has 3 heterocycles. The molecule has 1 aromatic carbocycles. The SMILES string of the molecule is CN1C=CC(C(=O)O)=c2ccc3c4c([nH]c(=O)c-4c21)=CCN3c1ccc(F)cc1. The van der Waals surface area contributed by atoms with E-state index in [-0.39, 0.29) is 16.9 Å². The van der Waals surface area contributed by atoms with E-state index < -0.39 is 5.97 Å². The summed E-state index contributed by atoms with van der Waals surface area (Å²) in [5.41, 5.74) is 3.10. The van der Waals surface area contributed by atoms with Gasteiger partial charge in [-0.2, -0.15) is 0 Å². The molecule has 3 aliphatic heterocycles. The summed E-state index contributed by atoms with van der Waals surface area (Å²) in [6, 6.07) is 9.70. The van der Waals surface area contributed by atoms with Crippen LogP contribution in [-0.2, 0) is 4.79 Å². The van der Waals surface area contributed by atoms with E-state index in [0.29, 0.717) is 28.4 Å². The second kappa shape index (κ2) is 6.07. The minimum atomic E-state index is -1.06. The summed E-state index contributed by atoms with van der Waals surface area (Å²) >= 11 is 0. The van der Waals surface area contributed by atoms with Gasteiger partial charge in [0, 0.05) is 41.6 Å². The van der Waals surface area contributed by atoms with E-state index in [0.717, 1.165) is 16.9 Å².